The van der Waals surface area contributed by atoms with Crippen LogP contribution in [0.5, 0.6) is 0 Å². The van der Waals surface area contributed by atoms with E-state index in [1.807, 2.05) is 0 Å². The zero-order valence-corrected chi connectivity index (χ0v) is 14.1. The van der Waals surface area contributed by atoms with Crippen molar-refractivity contribution in [2.45, 2.75) is 58.5 Å². The quantitative estimate of drug-likeness (QED) is 0.816. The average Bonchev–Trinajstić information content (AvgIpc) is 2.47. The van der Waals surface area contributed by atoms with E-state index < -0.39 is 0 Å². The fourth-order valence-electron chi connectivity index (χ4n) is 3.70. The Bertz CT molecular complexity index is 410. The molecule has 1 unspecified atom stereocenters. The van der Waals surface area contributed by atoms with Gasteiger partial charge in [0, 0.05) is 19.1 Å². The highest BCUT2D eigenvalue weighted by Crippen LogP contribution is 2.27. The zero-order valence-electron chi connectivity index (χ0n) is 14.1. The molecule has 1 atom stereocenters. The second kappa shape index (κ2) is 8.55. The van der Waals surface area contributed by atoms with Crippen LogP contribution >= 0.6 is 0 Å². The number of nitrogens with one attached hydrogen (secondary N) is 1. The molecular formula is C19H32N2. The number of likely N-dealkylation sites (N-methyl/N-ethyl adjacent to an activating group) is 2. The molecule has 1 N–H and O–H groups in total. The summed E-state index contributed by atoms with van der Waals surface area (Å²) >= 11 is 0. The lowest BCUT2D eigenvalue weighted by Crippen LogP contribution is -2.45. The molecule has 0 radical (unpaired) electrons. The highest BCUT2D eigenvalue weighted by atomic mass is 15.1. The summed E-state index contributed by atoms with van der Waals surface area (Å²) in [7, 11) is 2.26. The highest BCUT2D eigenvalue weighted by molar-refractivity contribution is 5.22. The Morgan fingerprint density at radius 1 is 1.24 bits per heavy atom. The van der Waals surface area contributed by atoms with Crippen molar-refractivity contribution in [3.8, 4) is 0 Å². The fourth-order valence-corrected chi connectivity index (χ4v) is 3.70. The van der Waals surface area contributed by atoms with Gasteiger partial charge in [-0.2, -0.15) is 0 Å². The minimum atomic E-state index is 0.658. The number of rotatable bonds is 7. The molecule has 1 fully saturated rings. The monoisotopic (exact) mass is 288 g/mol. The molecule has 0 bridgehead atoms. The van der Waals surface area contributed by atoms with Gasteiger partial charge in [-0.15, -0.1) is 0 Å². The van der Waals surface area contributed by atoms with E-state index in [0.29, 0.717) is 6.04 Å². The van der Waals surface area contributed by atoms with Crippen LogP contribution in [0.3, 0.4) is 0 Å². The first-order valence-corrected chi connectivity index (χ1v) is 8.66. The van der Waals surface area contributed by atoms with Crippen LogP contribution in [0.1, 0.15) is 50.2 Å². The maximum Gasteiger partial charge on any atom is 0.0231 e. The molecule has 2 rings (SSSR count). The minimum absolute atomic E-state index is 0.658. The third-order valence-corrected chi connectivity index (χ3v) is 4.73. The van der Waals surface area contributed by atoms with Gasteiger partial charge in [0.25, 0.3) is 0 Å². The van der Waals surface area contributed by atoms with Crippen LogP contribution in [0.15, 0.2) is 24.3 Å². The van der Waals surface area contributed by atoms with Gasteiger partial charge >= 0.3 is 0 Å². The molecule has 2 heteroatoms. The predicted molar refractivity (Wildman–Crippen MR) is 91.6 cm³/mol. The van der Waals surface area contributed by atoms with E-state index in [-0.39, 0.29) is 0 Å². The molecule has 1 aromatic carbocycles. The van der Waals surface area contributed by atoms with Crippen LogP contribution in [-0.2, 0) is 6.54 Å². The summed E-state index contributed by atoms with van der Waals surface area (Å²) in [5, 5.41) is 3.74. The second-order valence-electron chi connectivity index (χ2n) is 6.75. The summed E-state index contributed by atoms with van der Waals surface area (Å²) in [5.41, 5.74) is 2.79. The van der Waals surface area contributed by atoms with E-state index in [4.69, 9.17) is 0 Å². The van der Waals surface area contributed by atoms with Gasteiger partial charge < -0.3 is 10.2 Å². The van der Waals surface area contributed by atoms with Gasteiger partial charge in [0.05, 0.1) is 0 Å². The lowest BCUT2D eigenvalue weighted by molar-refractivity contribution is 0.203. The lowest BCUT2D eigenvalue weighted by atomic mass is 9.83. The van der Waals surface area contributed by atoms with E-state index in [9.17, 15) is 0 Å². The van der Waals surface area contributed by atoms with E-state index >= 15 is 0 Å². The first kappa shape index (κ1) is 16.5. The standard InChI is InChI=1S/C19H32N2/c1-4-20-19(18-11-6-5-7-12-18)15-21(3)14-17-10-8-9-16(2)13-17/h8-10,13,18-20H,4-7,11-12,14-15H2,1-3H3. The number of benzene rings is 1. The number of hydrogen-bond donors (Lipinski definition) is 1. The Hall–Kier alpha value is -0.860. The van der Waals surface area contributed by atoms with Crippen LogP contribution in [0, 0.1) is 12.8 Å². The van der Waals surface area contributed by atoms with Gasteiger partial charge in [0.1, 0.15) is 0 Å². The third kappa shape index (κ3) is 5.44. The molecule has 0 aliphatic heterocycles. The largest absolute Gasteiger partial charge is 0.313 e. The number of aryl methyl sites for hydroxylation is 1. The first-order valence-electron chi connectivity index (χ1n) is 8.66. The van der Waals surface area contributed by atoms with Crippen LogP contribution in [-0.4, -0.2) is 31.1 Å². The molecule has 0 saturated heterocycles. The Morgan fingerprint density at radius 2 is 2.00 bits per heavy atom. The fraction of sp³-hybridized carbons (Fsp3) is 0.684. The summed E-state index contributed by atoms with van der Waals surface area (Å²) in [4.78, 5) is 2.48. The minimum Gasteiger partial charge on any atom is -0.313 e. The van der Waals surface area contributed by atoms with Gasteiger partial charge in [-0.05, 0) is 44.8 Å². The lowest BCUT2D eigenvalue weighted by Gasteiger charge is -2.33. The molecule has 1 saturated carbocycles. The SMILES string of the molecule is CCNC(CN(C)Cc1cccc(C)c1)C1CCCCC1. The van der Waals surface area contributed by atoms with E-state index in [1.54, 1.807) is 0 Å². The van der Waals surface area contributed by atoms with Crippen molar-refractivity contribution >= 4 is 0 Å². The van der Waals surface area contributed by atoms with Crippen LogP contribution in [0.2, 0.25) is 0 Å². The van der Waals surface area contributed by atoms with Crippen molar-refractivity contribution < 1.29 is 0 Å². The summed E-state index contributed by atoms with van der Waals surface area (Å²) in [6.07, 6.45) is 7.11. The molecular weight excluding hydrogens is 256 g/mol. The smallest absolute Gasteiger partial charge is 0.0231 e. The van der Waals surface area contributed by atoms with Crippen molar-refractivity contribution in [2.24, 2.45) is 5.92 Å². The molecule has 1 aliphatic rings. The summed E-state index contributed by atoms with van der Waals surface area (Å²) < 4.78 is 0. The number of hydrogen-bond acceptors (Lipinski definition) is 2. The van der Waals surface area contributed by atoms with E-state index in [0.717, 1.165) is 25.6 Å². The van der Waals surface area contributed by atoms with Crippen LogP contribution in [0.25, 0.3) is 0 Å². The molecule has 1 aliphatic carbocycles. The van der Waals surface area contributed by atoms with Gasteiger partial charge in [-0.1, -0.05) is 56.0 Å². The molecule has 21 heavy (non-hydrogen) atoms. The van der Waals surface area contributed by atoms with Crippen molar-refractivity contribution in [3.63, 3.8) is 0 Å². The molecule has 0 spiro atoms. The molecule has 0 aromatic heterocycles. The van der Waals surface area contributed by atoms with Gasteiger partial charge in [-0.25, -0.2) is 0 Å². The van der Waals surface area contributed by atoms with Crippen molar-refractivity contribution in [3.05, 3.63) is 35.4 Å². The van der Waals surface area contributed by atoms with Crippen molar-refractivity contribution in [2.75, 3.05) is 20.1 Å². The Kier molecular flexibility index (Phi) is 6.72. The number of nitrogens with zero attached hydrogens (tertiary/aromatic N) is 1. The van der Waals surface area contributed by atoms with E-state index in [1.165, 1.54) is 43.2 Å². The van der Waals surface area contributed by atoms with Crippen LogP contribution in [0.4, 0.5) is 0 Å². The summed E-state index contributed by atoms with van der Waals surface area (Å²) in [6, 6.07) is 9.55. The first-order chi connectivity index (χ1) is 10.2. The van der Waals surface area contributed by atoms with E-state index in [2.05, 4.69) is 55.4 Å². The Labute approximate surface area is 130 Å². The average molecular weight is 288 g/mol. The second-order valence-corrected chi connectivity index (χ2v) is 6.75. The maximum absolute atomic E-state index is 3.74. The van der Waals surface area contributed by atoms with Gasteiger partial charge in [0.15, 0.2) is 0 Å². The maximum atomic E-state index is 3.74. The Morgan fingerprint density at radius 3 is 2.67 bits per heavy atom. The van der Waals surface area contributed by atoms with Crippen molar-refractivity contribution in [1.82, 2.24) is 10.2 Å². The van der Waals surface area contributed by atoms with Gasteiger partial charge in [0.2, 0.25) is 0 Å². The van der Waals surface area contributed by atoms with Crippen molar-refractivity contribution in [1.29, 1.82) is 0 Å². The Balaban J connectivity index is 1.89. The van der Waals surface area contributed by atoms with Gasteiger partial charge in [-0.3, -0.25) is 0 Å². The highest BCUT2D eigenvalue weighted by Gasteiger charge is 2.23. The predicted octanol–water partition coefficient (Wildman–Crippen LogP) is 3.99. The van der Waals surface area contributed by atoms with Crippen LogP contribution < -0.4 is 5.32 Å². The summed E-state index contributed by atoms with van der Waals surface area (Å²) in [5.74, 6) is 0.874. The summed E-state index contributed by atoms with van der Waals surface area (Å²) in [6.45, 7) is 7.70. The molecule has 0 heterocycles. The molecule has 2 nitrogen and oxygen atoms in total. The topological polar surface area (TPSA) is 15.3 Å². The normalized spacial score (nSPS) is 18.1. The molecule has 0 amide bonds. The third-order valence-electron chi connectivity index (χ3n) is 4.73. The molecule has 1 aromatic rings. The zero-order chi connectivity index (χ0) is 15.1. The molecule has 118 valence electrons.